The second-order valence-electron chi connectivity index (χ2n) is 8.33. The van der Waals surface area contributed by atoms with Crippen molar-refractivity contribution in [1.29, 1.82) is 0 Å². The minimum absolute atomic E-state index is 0.0154. The first kappa shape index (κ1) is 23.0. The van der Waals surface area contributed by atoms with E-state index in [4.69, 9.17) is 0 Å². The summed E-state index contributed by atoms with van der Waals surface area (Å²) in [4.78, 5) is 31.1. The van der Waals surface area contributed by atoms with Gasteiger partial charge in [-0.15, -0.1) is 0 Å². The molecule has 4 rings (SSSR count). The summed E-state index contributed by atoms with van der Waals surface area (Å²) >= 11 is 0. The van der Waals surface area contributed by atoms with E-state index < -0.39 is 27.8 Å². The minimum Gasteiger partial charge on any atom is -0.343 e. The number of anilines is 1. The largest absolute Gasteiger partial charge is 0.343 e. The Morgan fingerprint density at radius 3 is 2.76 bits per heavy atom. The quantitative estimate of drug-likeness (QED) is 0.589. The van der Waals surface area contributed by atoms with Gasteiger partial charge in [0.15, 0.2) is 0 Å². The van der Waals surface area contributed by atoms with Crippen molar-refractivity contribution >= 4 is 27.3 Å². The van der Waals surface area contributed by atoms with E-state index in [1.807, 2.05) is 13.8 Å². The van der Waals surface area contributed by atoms with E-state index >= 15 is 0 Å². The third kappa shape index (κ3) is 4.50. The van der Waals surface area contributed by atoms with E-state index in [-0.39, 0.29) is 16.8 Å². The van der Waals surface area contributed by atoms with E-state index in [0.717, 1.165) is 36.9 Å². The van der Waals surface area contributed by atoms with Crippen molar-refractivity contribution < 1.29 is 17.6 Å². The number of piperidine rings is 1. The number of hydrogen-bond donors (Lipinski definition) is 2. The predicted octanol–water partition coefficient (Wildman–Crippen LogP) is 2.77. The third-order valence-corrected chi connectivity index (χ3v) is 6.50. The van der Waals surface area contributed by atoms with E-state index in [0.29, 0.717) is 36.3 Å². The van der Waals surface area contributed by atoms with E-state index in [1.165, 1.54) is 10.6 Å². The lowest BCUT2D eigenvalue weighted by molar-refractivity contribution is 0.0606. The molecule has 11 heteroatoms. The first-order valence-electron chi connectivity index (χ1n) is 10.8. The van der Waals surface area contributed by atoms with Crippen molar-refractivity contribution in [1.82, 2.24) is 19.5 Å². The molecule has 176 valence electrons. The van der Waals surface area contributed by atoms with Crippen molar-refractivity contribution in [3.05, 3.63) is 63.0 Å². The van der Waals surface area contributed by atoms with Gasteiger partial charge >= 0.3 is 0 Å². The molecule has 1 saturated heterocycles. The molecule has 0 saturated carbocycles. The number of H-pyrrole nitrogens is 1. The van der Waals surface area contributed by atoms with Gasteiger partial charge in [-0.25, -0.2) is 12.8 Å². The Hall–Kier alpha value is -3.21. The smallest absolute Gasteiger partial charge is 0.277 e. The van der Waals surface area contributed by atoms with Gasteiger partial charge < -0.3 is 9.88 Å². The van der Waals surface area contributed by atoms with Crippen molar-refractivity contribution in [3.8, 4) is 0 Å². The normalized spacial score (nSPS) is 16.8. The van der Waals surface area contributed by atoms with Crippen LogP contribution >= 0.6 is 0 Å². The molecular formula is C22H26FN5O4S. The fraction of sp³-hybridized carbons (Fsp3) is 0.409. The molecule has 1 amide bonds. The second-order valence-corrected chi connectivity index (χ2v) is 10.1. The Morgan fingerprint density at radius 2 is 2.06 bits per heavy atom. The van der Waals surface area contributed by atoms with Crippen LogP contribution in [0, 0.1) is 12.7 Å². The molecule has 1 fully saturated rings. The summed E-state index contributed by atoms with van der Waals surface area (Å²) in [5, 5.41) is 4.50. The molecule has 1 aliphatic rings. The summed E-state index contributed by atoms with van der Waals surface area (Å²) in [6, 6.07) is 4.69. The number of aromatic nitrogens is 3. The van der Waals surface area contributed by atoms with Crippen LogP contribution in [0.4, 0.5) is 10.1 Å². The lowest BCUT2D eigenvalue weighted by Crippen LogP contribution is -2.39. The third-order valence-electron chi connectivity index (χ3n) is 5.91. The second kappa shape index (κ2) is 8.62. The molecule has 1 atom stereocenters. The number of amides is 1. The summed E-state index contributed by atoms with van der Waals surface area (Å²) in [7, 11) is -3.67. The zero-order valence-electron chi connectivity index (χ0n) is 18.7. The molecule has 2 N–H and O–H groups in total. The molecule has 1 aliphatic heterocycles. The van der Waals surface area contributed by atoms with Gasteiger partial charge in [-0.05, 0) is 50.8 Å². The lowest BCUT2D eigenvalue weighted by Gasteiger charge is -2.35. The topological polar surface area (TPSA) is 117 Å². The number of halogens is 1. The molecule has 3 aromatic rings. The van der Waals surface area contributed by atoms with Crippen LogP contribution in [0.2, 0.25) is 0 Å². The average molecular weight is 476 g/mol. The molecule has 0 bridgehead atoms. The summed E-state index contributed by atoms with van der Waals surface area (Å²) in [6.07, 6.45) is 3.75. The number of sulfonamides is 1. The fourth-order valence-corrected chi connectivity index (χ4v) is 4.97. The number of aromatic amines is 1. The van der Waals surface area contributed by atoms with Crippen molar-refractivity contribution in [3.63, 3.8) is 0 Å². The predicted molar refractivity (Wildman–Crippen MR) is 122 cm³/mol. The summed E-state index contributed by atoms with van der Waals surface area (Å²) in [5.74, 6) is -1.15. The number of likely N-dealkylation sites (tertiary alicyclic amines) is 1. The molecule has 33 heavy (non-hydrogen) atoms. The fourth-order valence-electron chi connectivity index (χ4n) is 4.40. The maximum Gasteiger partial charge on any atom is 0.277 e. The Morgan fingerprint density at radius 1 is 1.30 bits per heavy atom. The van der Waals surface area contributed by atoms with Crippen LogP contribution in [-0.4, -0.2) is 46.6 Å². The van der Waals surface area contributed by atoms with Gasteiger partial charge in [-0.3, -0.25) is 14.3 Å². The summed E-state index contributed by atoms with van der Waals surface area (Å²) in [6.45, 7) is 4.14. The average Bonchev–Trinajstić information content (AvgIpc) is 3.18. The zero-order chi connectivity index (χ0) is 23.9. The number of aryl methyl sites for hydroxylation is 1. The Balaban J connectivity index is 1.76. The lowest BCUT2D eigenvalue weighted by atomic mass is 9.98. The first-order chi connectivity index (χ1) is 15.6. The van der Waals surface area contributed by atoms with Crippen LogP contribution in [0.3, 0.4) is 0 Å². The number of hydrogen-bond acceptors (Lipinski definition) is 5. The van der Waals surface area contributed by atoms with E-state index in [1.54, 1.807) is 11.0 Å². The van der Waals surface area contributed by atoms with Gasteiger partial charge in [0.25, 0.3) is 11.5 Å². The van der Waals surface area contributed by atoms with Crippen molar-refractivity contribution in [2.75, 3.05) is 17.5 Å². The molecule has 0 spiro atoms. The van der Waals surface area contributed by atoms with Gasteiger partial charge in [0.2, 0.25) is 10.0 Å². The maximum atomic E-state index is 14.0. The van der Waals surface area contributed by atoms with Gasteiger partial charge in [-0.2, -0.15) is 9.61 Å². The van der Waals surface area contributed by atoms with Crippen molar-refractivity contribution in [2.24, 2.45) is 0 Å². The number of carbonyl (C=O) groups is 1. The van der Waals surface area contributed by atoms with Crippen LogP contribution < -0.4 is 10.3 Å². The maximum absolute atomic E-state index is 14.0. The number of nitrogens with one attached hydrogen (secondary N) is 2. The standard InChI is InChI=1S/C22H26FN5O4S/c1-4-15-13(2)24-20-12-18(25-28(20)22(15)30)19-7-5-6-10-27(19)21(29)16-11-14(23)8-9-17(16)26-33(3,31)32/h8-9,11-12,19,24,26H,4-7,10H2,1-3H3/t19-/m0/s1. The van der Waals surface area contributed by atoms with Crippen LogP contribution in [0.1, 0.15) is 59.5 Å². The SMILES string of the molecule is CCc1c(C)[nH]c2cc([C@@H]3CCCCN3C(=O)c3cc(F)ccc3NS(C)(=O)=O)nn2c1=O. The van der Waals surface area contributed by atoms with Gasteiger partial charge in [-0.1, -0.05) is 6.92 Å². The highest BCUT2D eigenvalue weighted by Gasteiger charge is 2.32. The van der Waals surface area contributed by atoms with Gasteiger partial charge in [0, 0.05) is 23.9 Å². The number of rotatable bonds is 5. The molecule has 1 aromatic carbocycles. The van der Waals surface area contributed by atoms with Crippen LogP contribution in [0.25, 0.3) is 5.65 Å². The highest BCUT2D eigenvalue weighted by Crippen LogP contribution is 2.33. The molecular weight excluding hydrogens is 449 g/mol. The Kier molecular flexibility index (Phi) is 6.00. The van der Waals surface area contributed by atoms with Gasteiger partial charge in [0.05, 0.1) is 29.2 Å². The number of fused-ring (bicyclic) bond motifs is 1. The van der Waals surface area contributed by atoms with Crippen LogP contribution in [-0.2, 0) is 16.4 Å². The minimum atomic E-state index is -3.67. The number of benzene rings is 1. The van der Waals surface area contributed by atoms with Crippen LogP contribution in [0.15, 0.2) is 29.1 Å². The van der Waals surface area contributed by atoms with Crippen LogP contribution in [0.5, 0.6) is 0 Å². The number of carbonyl (C=O) groups excluding carboxylic acids is 1. The van der Waals surface area contributed by atoms with E-state index in [9.17, 15) is 22.4 Å². The summed E-state index contributed by atoms with van der Waals surface area (Å²) < 4.78 is 41.1. The molecule has 0 unspecified atom stereocenters. The Labute approximate surface area is 190 Å². The molecule has 2 aromatic heterocycles. The number of nitrogens with zero attached hydrogens (tertiary/aromatic N) is 3. The molecule has 0 aliphatic carbocycles. The van der Waals surface area contributed by atoms with Gasteiger partial charge in [0.1, 0.15) is 11.5 Å². The highest BCUT2D eigenvalue weighted by molar-refractivity contribution is 7.92. The summed E-state index contributed by atoms with van der Waals surface area (Å²) in [5.41, 5.74) is 2.25. The monoisotopic (exact) mass is 475 g/mol. The molecule has 3 heterocycles. The first-order valence-corrected chi connectivity index (χ1v) is 12.7. The van der Waals surface area contributed by atoms with E-state index in [2.05, 4.69) is 14.8 Å². The zero-order valence-corrected chi connectivity index (χ0v) is 19.5. The molecule has 9 nitrogen and oxygen atoms in total. The Bertz CT molecular complexity index is 1400. The van der Waals surface area contributed by atoms with Crippen molar-refractivity contribution in [2.45, 2.75) is 45.6 Å². The molecule has 0 radical (unpaired) electrons. The highest BCUT2D eigenvalue weighted by atomic mass is 32.2.